The molecule has 0 unspecified atom stereocenters. The van der Waals surface area contributed by atoms with Crippen LogP contribution in [0.5, 0.6) is 0 Å². The van der Waals surface area contributed by atoms with Gasteiger partial charge in [0.25, 0.3) is 0 Å². The monoisotopic (exact) mass is 243 g/mol. The molecule has 0 amide bonds. The largest absolute Gasteiger partial charge is 0.315 e. The van der Waals surface area contributed by atoms with Crippen LogP contribution in [0.15, 0.2) is 28.0 Å². The van der Waals surface area contributed by atoms with Gasteiger partial charge in [-0.05, 0) is 24.8 Å². The first-order valence-corrected chi connectivity index (χ1v) is 6.32. The molecular formula is C10H10ClNO2S. The third-order valence-electron chi connectivity index (χ3n) is 2.28. The molecule has 15 heavy (non-hydrogen) atoms. The minimum atomic E-state index is -3.37. The lowest BCUT2D eigenvalue weighted by atomic mass is 10.2. The van der Waals surface area contributed by atoms with E-state index in [0.29, 0.717) is 17.0 Å². The van der Waals surface area contributed by atoms with Crippen molar-refractivity contribution in [2.75, 3.05) is 13.6 Å². The molecule has 1 heterocycles. The van der Waals surface area contributed by atoms with Crippen molar-refractivity contribution in [3.05, 3.63) is 33.7 Å². The molecule has 0 saturated heterocycles. The Bertz CT molecular complexity index is 534. The van der Waals surface area contributed by atoms with Crippen molar-refractivity contribution in [3.63, 3.8) is 0 Å². The molecular weight excluding hydrogens is 234 g/mol. The molecule has 2 rings (SSSR count). The summed E-state index contributed by atoms with van der Waals surface area (Å²) in [7, 11) is -1.66. The number of sulfone groups is 1. The number of rotatable bonds is 2. The van der Waals surface area contributed by atoms with Gasteiger partial charge in [-0.2, -0.15) is 0 Å². The highest BCUT2D eigenvalue weighted by Crippen LogP contribution is 2.36. The molecule has 5 heteroatoms. The third-order valence-corrected chi connectivity index (χ3v) is 4.65. The zero-order valence-corrected chi connectivity index (χ0v) is 9.69. The molecule has 1 aromatic carbocycles. The van der Waals surface area contributed by atoms with Gasteiger partial charge in [-0.3, -0.25) is 0 Å². The van der Waals surface area contributed by atoms with Crippen LogP contribution < -0.4 is 5.32 Å². The SMILES string of the molecule is CNCC1=Cc2cccc(Cl)c2S1(=O)=O. The fraction of sp³-hybridized carbons (Fsp3) is 0.200. The molecule has 0 atom stereocenters. The average molecular weight is 244 g/mol. The van der Waals surface area contributed by atoms with E-state index in [2.05, 4.69) is 5.32 Å². The number of nitrogens with one attached hydrogen (secondary N) is 1. The maximum atomic E-state index is 12.0. The number of hydrogen-bond acceptors (Lipinski definition) is 3. The second-order valence-electron chi connectivity index (χ2n) is 3.30. The summed E-state index contributed by atoms with van der Waals surface area (Å²) in [4.78, 5) is 0.602. The minimum absolute atomic E-state index is 0.233. The molecule has 0 aliphatic carbocycles. The van der Waals surface area contributed by atoms with Crippen molar-refractivity contribution in [1.29, 1.82) is 0 Å². The van der Waals surface area contributed by atoms with Gasteiger partial charge in [0.05, 0.1) is 14.8 Å². The summed E-state index contributed by atoms with van der Waals surface area (Å²) in [5.74, 6) is 0. The minimum Gasteiger partial charge on any atom is -0.315 e. The summed E-state index contributed by atoms with van der Waals surface area (Å²) >= 11 is 5.89. The van der Waals surface area contributed by atoms with Gasteiger partial charge in [-0.25, -0.2) is 8.42 Å². The van der Waals surface area contributed by atoms with E-state index < -0.39 is 9.84 Å². The first-order chi connectivity index (χ1) is 7.07. The van der Waals surface area contributed by atoms with Crippen LogP contribution in [-0.2, 0) is 9.84 Å². The van der Waals surface area contributed by atoms with Gasteiger partial charge in [0.15, 0.2) is 0 Å². The van der Waals surface area contributed by atoms with Crippen LogP contribution in [0.3, 0.4) is 0 Å². The van der Waals surface area contributed by atoms with Crippen LogP contribution in [0.2, 0.25) is 5.02 Å². The molecule has 1 aliphatic heterocycles. The Morgan fingerprint density at radius 3 is 2.73 bits per heavy atom. The average Bonchev–Trinajstić information content (AvgIpc) is 2.40. The molecule has 1 aromatic rings. The second kappa shape index (κ2) is 3.63. The van der Waals surface area contributed by atoms with Crippen LogP contribution in [-0.4, -0.2) is 22.0 Å². The molecule has 0 saturated carbocycles. The number of halogens is 1. The van der Waals surface area contributed by atoms with Gasteiger partial charge in [0, 0.05) is 6.54 Å². The van der Waals surface area contributed by atoms with E-state index in [0.717, 1.165) is 0 Å². The van der Waals surface area contributed by atoms with E-state index in [4.69, 9.17) is 11.6 Å². The lowest BCUT2D eigenvalue weighted by Crippen LogP contribution is -2.15. The normalized spacial score (nSPS) is 17.3. The first kappa shape index (κ1) is 10.7. The number of benzene rings is 1. The molecule has 3 nitrogen and oxygen atoms in total. The maximum absolute atomic E-state index is 12.0. The smallest absolute Gasteiger partial charge is 0.206 e. The Balaban J connectivity index is 2.64. The van der Waals surface area contributed by atoms with Crippen molar-refractivity contribution >= 4 is 27.5 Å². The fourth-order valence-corrected chi connectivity index (χ4v) is 3.75. The van der Waals surface area contributed by atoms with Crippen molar-refractivity contribution in [2.45, 2.75) is 4.90 Å². The molecule has 0 aromatic heterocycles. The summed E-state index contributed by atoms with van der Waals surface area (Å²) in [6.07, 6.45) is 1.66. The van der Waals surface area contributed by atoms with Crippen LogP contribution in [0, 0.1) is 0 Å². The highest BCUT2D eigenvalue weighted by atomic mass is 35.5. The van der Waals surface area contributed by atoms with Crippen molar-refractivity contribution in [2.24, 2.45) is 0 Å². The van der Waals surface area contributed by atoms with Crippen LogP contribution in [0.4, 0.5) is 0 Å². The highest BCUT2D eigenvalue weighted by molar-refractivity contribution is 7.96. The summed E-state index contributed by atoms with van der Waals surface area (Å²) in [5, 5.41) is 3.12. The number of fused-ring (bicyclic) bond motifs is 1. The lowest BCUT2D eigenvalue weighted by molar-refractivity contribution is 0.601. The maximum Gasteiger partial charge on any atom is 0.206 e. The van der Waals surface area contributed by atoms with Gasteiger partial charge in [0.2, 0.25) is 9.84 Å². The quantitative estimate of drug-likeness (QED) is 0.860. The Labute approximate surface area is 93.7 Å². The summed E-state index contributed by atoms with van der Waals surface area (Å²) in [6, 6.07) is 5.09. The molecule has 1 aliphatic rings. The molecule has 0 fully saturated rings. The summed E-state index contributed by atoms with van der Waals surface area (Å²) in [5.41, 5.74) is 0.674. The van der Waals surface area contributed by atoms with Crippen LogP contribution >= 0.6 is 11.6 Å². The van der Waals surface area contributed by atoms with Crippen molar-refractivity contribution in [1.82, 2.24) is 5.32 Å². The Kier molecular flexibility index (Phi) is 2.58. The first-order valence-electron chi connectivity index (χ1n) is 4.46. The van der Waals surface area contributed by atoms with E-state index in [-0.39, 0.29) is 9.92 Å². The van der Waals surface area contributed by atoms with Gasteiger partial charge >= 0.3 is 0 Å². The Morgan fingerprint density at radius 1 is 1.40 bits per heavy atom. The Hall–Kier alpha value is -0.840. The van der Waals surface area contributed by atoms with Crippen molar-refractivity contribution in [3.8, 4) is 0 Å². The van der Waals surface area contributed by atoms with E-state index in [1.54, 1.807) is 31.3 Å². The van der Waals surface area contributed by atoms with E-state index in [1.165, 1.54) is 0 Å². The molecule has 0 radical (unpaired) electrons. The zero-order valence-electron chi connectivity index (χ0n) is 8.12. The van der Waals surface area contributed by atoms with Gasteiger partial charge in [0.1, 0.15) is 0 Å². The summed E-state index contributed by atoms with van der Waals surface area (Å²) in [6.45, 7) is 0.327. The number of hydrogen-bond donors (Lipinski definition) is 1. The lowest BCUT2D eigenvalue weighted by Gasteiger charge is -2.04. The van der Waals surface area contributed by atoms with E-state index in [1.807, 2.05) is 0 Å². The molecule has 0 bridgehead atoms. The van der Waals surface area contributed by atoms with Crippen molar-refractivity contribution < 1.29 is 8.42 Å². The predicted octanol–water partition coefficient (Wildman–Crippen LogP) is 1.69. The third kappa shape index (κ3) is 1.58. The van der Waals surface area contributed by atoms with E-state index in [9.17, 15) is 8.42 Å². The second-order valence-corrected chi connectivity index (χ2v) is 5.65. The van der Waals surface area contributed by atoms with Gasteiger partial charge < -0.3 is 5.32 Å². The molecule has 0 spiro atoms. The summed E-state index contributed by atoms with van der Waals surface area (Å²) < 4.78 is 24.0. The van der Waals surface area contributed by atoms with Gasteiger partial charge in [-0.1, -0.05) is 23.7 Å². The standard InChI is InChI=1S/C10H10ClNO2S/c1-12-6-8-5-7-3-2-4-9(11)10(7)15(8,13)14/h2-5,12H,6H2,1H3. The van der Waals surface area contributed by atoms with Gasteiger partial charge in [-0.15, -0.1) is 0 Å². The predicted molar refractivity (Wildman–Crippen MR) is 60.5 cm³/mol. The highest BCUT2D eigenvalue weighted by Gasteiger charge is 2.30. The molecule has 1 N–H and O–H groups in total. The van der Waals surface area contributed by atoms with Crippen LogP contribution in [0.1, 0.15) is 5.56 Å². The number of likely N-dealkylation sites (N-methyl/N-ethyl adjacent to an activating group) is 1. The topological polar surface area (TPSA) is 46.2 Å². The molecule has 80 valence electrons. The Morgan fingerprint density at radius 2 is 2.13 bits per heavy atom. The van der Waals surface area contributed by atoms with E-state index >= 15 is 0 Å². The zero-order chi connectivity index (χ0) is 11.1. The van der Waals surface area contributed by atoms with Crippen LogP contribution in [0.25, 0.3) is 6.08 Å². The fourth-order valence-electron chi connectivity index (χ4n) is 1.63.